The summed E-state index contributed by atoms with van der Waals surface area (Å²) < 4.78 is 5.26. The van der Waals surface area contributed by atoms with Crippen molar-refractivity contribution in [3.8, 4) is 0 Å². The monoisotopic (exact) mass is 257 g/mol. The van der Waals surface area contributed by atoms with Gasteiger partial charge in [-0.3, -0.25) is 4.98 Å². The summed E-state index contributed by atoms with van der Waals surface area (Å²) in [6, 6.07) is 8.07. The molecule has 1 saturated heterocycles. The van der Waals surface area contributed by atoms with Crippen molar-refractivity contribution in [2.24, 2.45) is 5.92 Å². The summed E-state index contributed by atoms with van der Waals surface area (Å²) in [5, 5.41) is 1.14. The number of methoxy groups -OCH3 is 1. The molecule has 1 aliphatic rings. The summed E-state index contributed by atoms with van der Waals surface area (Å²) in [6.45, 7) is 2.95. The molecule has 1 aliphatic heterocycles. The molecule has 0 aliphatic carbocycles. The van der Waals surface area contributed by atoms with Gasteiger partial charge >= 0.3 is 0 Å². The molecule has 4 nitrogen and oxygen atoms in total. The van der Waals surface area contributed by atoms with E-state index in [9.17, 15) is 0 Å². The number of rotatable bonds is 3. The Labute approximate surface area is 113 Å². The summed E-state index contributed by atoms with van der Waals surface area (Å²) in [6.07, 6.45) is 3.03. The van der Waals surface area contributed by atoms with Crippen LogP contribution in [0.15, 0.2) is 30.5 Å². The van der Waals surface area contributed by atoms with Crippen LogP contribution in [-0.4, -0.2) is 31.8 Å². The zero-order chi connectivity index (χ0) is 13.2. The number of nitrogen functional groups attached to an aromatic ring is 1. The van der Waals surface area contributed by atoms with Crippen LogP contribution in [0.25, 0.3) is 10.9 Å². The lowest BCUT2D eigenvalue weighted by molar-refractivity contribution is 0.161. The molecule has 2 aromatic rings. The van der Waals surface area contributed by atoms with Crippen LogP contribution in [0, 0.1) is 5.92 Å². The Morgan fingerprint density at radius 2 is 2.32 bits per heavy atom. The fourth-order valence-electron chi connectivity index (χ4n) is 2.88. The highest BCUT2D eigenvalue weighted by atomic mass is 16.5. The first-order valence-corrected chi connectivity index (χ1v) is 6.66. The van der Waals surface area contributed by atoms with Gasteiger partial charge in [0.1, 0.15) is 0 Å². The number of fused-ring (bicyclic) bond motifs is 1. The van der Waals surface area contributed by atoms with E-state index in [2.05, 4.69) is 22.0 Å². The highest BCUT2D eigenvalue weighted by Crippen LogP contribution is 2.31. The molecule has 1 aromatic carbocycles. The molecule has 1 fully saturated rings. The maximum Gasteiger partial charge on any atom is 0.0951 e. The van der Waals surface area contributed by atoms with Crippen LogP contribution in [0.1, 0.15) is 6.42 Å². The molecule has 1 aromatic heterocycles. The van der Waals surface area contributed by atoms with Gasteiger partial charge in [0, 0.05) is 43.4 Å². The number of aromatic nitrogens is 1. The average Bonchev–Trinajstić information content (AvgIpc) is 2.88. The van der Waals surface area contributed by atoms with Gasteiger partial charge in [-0.15, -0.1) is 0 Å². The van der Waals surface area contributed by atoms with Gasteiger partial charge in [0.25, 0.3) is 0 Å². The van der Waals surface area contributed by atoms with Crippen molar-refractivity contribution >= 4 is 22.3 Å². The van der Waals surface area contributed by atoms with Gasteiger partial charge in [-0.05, 0) is 18.6 Å². The molecule has 0 bridgehead atoms. The van der Waals surface area contributed by atoms with Gasteiger partial charge in [0.2, 0.25) is 0 Å². The SMILES string of the molecule is COCC1CCN(c2ccnc3c(N)cccc23)C1. The summed E-state index contributed by atoms with van der Waals surface area (Å²) in [4.78, 5) is 6.80. The Balaban J connectivity index is 1.96. The van der Waals surface area contributed by atoms with Crippen molar-refractivity contribution in [3.05, 3.63) is 30.5 Å². The molecule has 1 atom stereocenters. The largest absolute Gasteiger partial charge is 0.397 e. The van der Waals surface area contributed by atoms with Crippen LogP contribution in [0.4, 0.5) is 11.4 Å². The summed E-state index contributed by atoms with van der Waals surface area (Å²) in [5.41, 5.74) is 8.87. The number of anilines is 2. The lowest BCUT2D eigenvalue weighted by atomic mass is 10.1. The number of nitrogens with zero attached hydrogens (tertiary/aromatic N) is 2. The quantitative estimate of drug-likeness (QED) is 0.857. The third-order valence-electron chi connectivity index (χ3n) is 3.81. The van der Waals surface area contributed by atoms with Crippen molar-refractivity contribution in [3.63, 3.8) is 0 Å². The van der Waals surface area contributed by atoms with Gasteiger partial charge in [-0.1, -0.05) is 12.1 Å². The zero-order valence-electron chi connectivity index (χ0n) is 11.2. The van der Waals surface area contributed by atoms with E-state index in [0.29, 0.717) is 5.92 Å². The topological polar surface area (TPSA) is 51.4 Å². The van der Waals surface area contributed by atoms with E-state index >= 15 is 0 Å². The summed E-state index contributed by atoms with van der Waals surface area (Å²) in [5.74, 6) is 0.620. The van der Waals surface area contributed by atoms with Gasteiger partial charge < -0.3 is 15.4 Å². The average molecular weight is 257 g/mol. The minimum Gasteiger partial charge on any atom is -0.397 e. The molecule has 0 spiro atoms. The maximum atomic E-state index is 6.00. The molecule has 1 unspecified atom stereocenters. The molecule has 3 rings (SSSR count). The van der Waals surface area contributed by atoms with Crippen molar-refractivity contribution in [2.45, 2.75) is 6.42 Å². The number of ether oxygens (including phenoxy) is 1. The number of benzene rings is 1. The van der Waals surface area contributed by atoms with Gasteiger partial charge in [-0.2, -0.15) is 0 Å². The molecule has 4 heteroatoms. The second-order valence-corrected chi connectivity index (χ2v) is 5.13. The molecule has 0 radical (unpaired) electrons. The summed E-state index contributed by atoms with van der Waals surface area (Å²) in [7, 11) is 1.77. The zero-order valence-corrected chi connectivity index (χ0v) is 11.2. The molecule has 0 amide bonds. The number of para-hydroxylation sites is 1. The first kappa shape index (κ1) is 12.2. The Kier molecular flexibility index (Phi) is 3.25. The second kappa shape index (κ2) is 5.05. The van der Waals surface area contributed by atoms with Crippen LogP contribution in [-0.2, 0) is 4.74 Å². The van der Waals surface area contributed by atoms with E-state index in [1.54, 1.807) is 7.11 Å². The Morgan fingerprint density at radius 1 is 1.42 bits per heavy atom. The highest BCUT2D eigenvalue weighted by molar-refractivity contribution is 5.98. The van der Waals surface area contributed by atoms with Crippen LogP contribution in [0.2, 0.25) is 0 Å². The molecule has 100 valence electrons. The van der Waals surface area contributed by atoms with Gasteiger partial charge in [-0.25, -0.2) is 0 Å². The van der Waals surface area contributed by atoms with E-state index in [4.69, 9.17) is 10.5 Å². The molecular formula is C15H19N3O. The maximum absolute atomic E-state index is 6.00. The first-order chi connectivity index (χ1) is 9.29. The van der Waals surface area contributed by atoms with E-state index < -0.39 is 0 Å². The van der Waals surface area contributed by atoms with Gasteiger partial charge in [0.15, 0.2) is 0 Å². The van der Waals surface area contributed by atoms with Crippen molar-refractivity contribution in [1.29, 1.82) is 0 Å². The molecule has 2 heterocycles. The number of hydrogen-bond donors (Lipinski definition) is 1. The number of nitrogens with two attached hydrogens (primary N) is 1. The number of pyridine rings is 1. The molecule has 19 heavy (non-hydrogen) atoms. The van der Waals surface area contributed by atoms with E-state index in [1.165, 1.54) is 12.1 Å². The van der Waals surface area contributed by atoms with Crippen molar-refractivity contribution < 1.29 is 4.74 Å². The third kappa shape index (κ3) is 2.24. The highest BCUT2D eigenvalue weighted by Gasteiger charge is 2.23. The number of hydrogen-bond acceptors (Lipinski definition) is 4. The smallest absolute Gasteiger partial charge is 0.0951 e. The lowest BCUT2D eigenvalue weighted by Gasteiger charge is -2.20. The molecular weight excluding hydrogens is 238 g/mol. The van der Waals surface area contributed by atoms with Crippen LogP contribution >= 0.6 is 0 Å². The van der Waals surface area contributed by atoms with Crippen LogP contribution < -0.4 is 10.6 Å². The normalized spacial score (nSPS) is 19.2. The Bertz CT molecular complexity index is 585. The van der Waals surface area contributed by atoms with Crippen molar-refractivity contribution in [2.75, 3.05) is 37.4 Å². The summed E-state index contributed by atoms with van der Waals surface area (Å²) >= 11 is 0. The van der Waals surface area contributed by atoms with Crippen LogP contribution in [0.3, 0.4) is 0 Å². The standard InChI is InChI=1S/C15H19N3O/c1-19-10-11-6-8-18(9-11)14-5-7-17-15-12(14)3-2-4-13(15)16/h2-5,7,11H,6,8-10,16H2,1H3. The molecule has 2 N–H and O–H groups in total. The predicted molar refractivity (Wildman–Crippen MR) is 78.4 cm³/mol. The second-order valence-electron chi connectivity index (χ2n) is 5.13. The van der Waals surface area contributed by atoms with Gasteiger partial charge in [0.05, 0.1) is 17.8 Å². The minimum atomic E-state index is 0.620. The van der Waals surface area contributed by atoms with E-state index in [-0.39, 0.29) is 0 Å². The fourth-order valence-corrected chi connectivity index (χ4v) is 2.88. The minimum absolute atomic E-state index is 0.620. The lowest BCUT2D eigenvalue weighted by Crippen LogP contribution is -2.21. The Morgan fingerprint density at radius 3 is 3.16 bits per heavy atom. The van der Waals surface area contributed by atoms with Crippen molar-refractivity contribution in [1.82, 2.24) is 4.98 Å². The van der Waals surface area contributed by atoms with E-state index in [1.807, 2.05) is 18.3 Å². The third-order valence-corrected chi connectivity index (χ3v) is 3.81. The fraction of sp³-hybridized carbons (Fsp3) is 0.400. The molecule has 0 saturated carbocycles. The first-order valence-electron chi connectivity index (χ1n) is 6.66. The van der Waals surface area contributed by atoms with E-state index in [0.717, 1.165) is 36.3 Å². The Hall–Kier alpha value is -1.81. The predicted octanol–water partition coefficient (Wildman–Crippen LogP) is 2.29. The van der Waals surface area contributed by atoms with Crippen LogP contribution in [0.5, 0.6) is 0 Å².